The number of carbonyl (C=O) groups is 2. The largest absolute Gasteiger partial charge is 0.456 e. The molecule has 10 nitrogen and oxygen atoms in total. The molecule has 1 aromatic heterocycles. The zero-order valence-corrected chi connectivity index (χ0v) is 17.4. The van der Waals surface area contributed by atoms with Gasteiger partial charge in [-0.15, -0.1) is 0 Å². The van der Waals surface area contributed by atoms with Gasteiger partial charge in [0.05, 0.1) is 0 Å². The van der Waals surface area contributed by atoms with Gasteiger partial charge in [-0.25, -0.2) is 9.78 Å². The van der Waals surface area contributed by atoms with E-state index >= 15 is 0 Å². The molecular weight excluding hydrogens is 372 g/mol. The number of ether oxygens (including phenoxy) is 3. The Bertz CT molecular complexity index is 762. The molecule has 2 heterocycles. The first kappa shape index (κ1) is 21.0. The second-order valence-corrected chi connectivity index (χ2v) is 12.1. The van der Waals surface area contributed by atoms with Gasteiger partial charge >= 0.3 is 17.6 Å². The lowest BCUT2D eigenvalue weighted by atomic mass is 10.1. The van der Waals surface area contributed by atoms with Gasteiger partial charge in [0, 0.05) is 13.8 Å². The Kier molecular flexibility index (Phi) is 6.37. The Labute approximate surface area is 158 Å². The first-order valence-electron chi connectivity index (χ1n) is 8.75. The van der Waals surface area contributed by atoms with E-state index in [2.05, 4.69) is 15.0 Å². The Morgan fingerprint density at radius 2 is 1.81 bits per heavy atom. The number of hydrogen-bond acceptors (Lipinski definition) is 9. The number of nitrogens with one attached hydrogen (secondary N) is 1. The summed E-state index contributed by atoms with van der Waals surface area (Å²) in [6, 6.07) is 0. The number of carbonyl (C=O) groups excluding carboxylic acids is 2. The highest BCUT2D eigenvalue weighted by Crippen LogP contribution is 2.34. The van der Waals surface area contributed by atoms with Crippen LogP contribution in [-0.2, 0) is 23.8 Å². The van der Waals surface area contributed by atoms with Crippen LogP contribution in [0, 0.1) is 0 Å². The van der Waals surface area contributed by atoms with E-state index in [0.29, 0.717) is 6.42 Å². The van der Waals surface area contributed by atoms with Gasteiger partial charge in [-0.1, -0.05) is 26.6 Å². The summed E-state index contributed by atoms with van der Waals surface area (Å²) in [5.74, 6) is -0.868. The Morgan fingerprint density at radius 3 is 2.30 bits per heavy atom. The number of esters is 2. The van der Waals surface area contributed by atoms with Crippen molar-refractivity contribution in [3.05, 3.63) is 16.8 Å². The molecular formula is C16H26N4O6Si. The molecule has 1 N–H and O–H groups in total. The molecule has 1 aromatic rings. The van der Waals surface area contributed by atoms with Gasteiger partial charge in [0.25, 0.3) is 0 Å². The van der Waals surface area contributed by atoms with Crippen molar-refractivity contribution in [1.29, 1.82) is 0 Å². The van der Waals surface area contributed by atoms with Gasteiger partial charge < -0.3 is 19.2 Å². The lowest BCUT2D eigenvalue weighted by Gasteiger charge is -2.24. The number of hydrogen-bond donors (Lipinski definition) is 1. The normalized spacial score (nSPS) is 25.1. The van der Waals surface area contributed by atoms with Gasteiger partial charge in [0.2, 0.25) is 5.95 Å². The van der Waals surface area contributed by atoms with E-state index in [-0.39, 0.29) is 5.95 Å². The topological polar surface area (TPSA) is 122 Å². The molecule has 0 spiro atoms. The van der Waals surface area contributed by atoms with Crippen LogP contribution in [0.15, 0.2) is 11.1 Å². The molecule has 1 saturated heterocycles. The maximum absolute atomic E-state index is 12.5. The van der Waals surface area contributed by atoms with E-state index in [4.69, 9.17) is 14.2 Å². The maximum atomic E-state index is 12.5. The molecule has 27 heavy (non-hydrogen) atoms. The molecule has 0 amide bonds. The van der Waals surface area contributed by atoms with E-state index in [1.54, 1.807) is 0 Å². The molecule has 1 fully saturated rings. The van der Waals surface area contributed by atoms with Crippen molar-refractivity contribution in [3.63, 3.8) is 0 Å². The minimum Gasteiger partial charge on any atom is -0.456 e. The lowest BCUT2D eigenvalue weighted by molar-refractivity contribution is -0.165. The summed E-state index contributed by atoms with van der Waals surface area (Å²) in [7, 11) is -1.73. The Balaban J connectivity index is 2.37. The predicted octanol–water partition coefficient (Wildman–Crippen LogP) is 1.06. The molecule has 0 radical (unpaired) electrons. The van der Waals surface area contributed by atoms with E-state index in [1.165, 1.54) is 20.2 Å². The molecule has 1 aliphatic heterocycles. The highest BCUT2D eigenvalue weighted by Gasteiger charge is 2.49. The van der Waals surface area contributed by atoms with Crippen LogP contribution in [0.1, 0.15) is 33.4 Å². The van der Waals surface area contributed by atoms with Gasteiger partial charge in [-0.2, -0.15) is 4.98 Å². The van der Waals surface area contributed by atoms with Gasteiger partial charge in [0.1, 0.15) is 20.7 Å². The number of anilines is 1. The van der Waals surface area contributed by atoms with Crippen molar-refractivity contribution in [1.82, 2.24) is 14.5 Å². The molecule has 0 aromatic carbocycles. The standard InChI is InChI=1S/C16H26N4O6Si/c1-7-11-12(24-9(2)21)13(25-10(3)22)14(26-11)20-8-17-15(18-16(20)23)19-27(4,5)6/h8,11-14H,7H2,1-6H3,(H,18,19,23)/t11-,12+,13?,14-/m1/s1. The van der Waals surface area contributed by atoms with Gasteiger partial charge in [-0.05, 0) is 6.42 Å². The summed E-state index contributed by atoms with van der Waals surface area (Å²) in [6.45, 7) is 10.5. The van der Waals surface area contributed by atoms with Crippen molar-refractivity contribution in [2.75, 3.05) is 4.98 Å². The summed E-state index contributed by atoms with van der Waals surface area (Å²) in [4.78, 5) is 46.8. The molecule has 0 saturated carbocycles. The minimum atomic E-state index is -1.73. The van der Waals surface area contributed by atoms with E-state index in [0.717, 1.165) is 4.57 Å². The van der Waals surface area contributed by atoms with Crippen LogP contribution in [0.4, 0.5) is 5.95 Å². The van der Waals surface area contributed by atoms with Crippen LogP contribution >= 0.6 is 0 Å². The smallest absolute Gasteiger partial charge is 0.354 e. The number of nitrogens with zero attached hydrogens (tertiary/aromatic N) is 3. The summed E-state index contributed by atoms with van der Waals surface area (Å²) in [5.41, 5.74) is -0.605. The van der Waals surface area contributed by atoms with Crippen molar-refractivity contribution in [2.24, 2.45) is 0 Å². The van der Waals surface area contributed by atoms with E-state index in [9.17, 15) is 14.4 Å². The summed E-state index contributed by atoms with van der Waals surface area (Å²) < 4.78 is 17.6. The Hall–Kier alpha value is -2.27. The average Bonchev–Trinajstić information content (AvgIpc) is 2.82. The van der Waals surface area contributed by atoms with Crippen molar-refractivity contribution < 1.29 is 23.8 Å². The van der Waals surface area contributed by atoms with E-state index < -0.39 is 50.4 Å². The fourth-order valence-corrected chi connectivity index (χ4v) is 3.62. The minimum absolute atomic E-state index is 0.237. The lowest BCUT2D eigenvalue weighted by Crippen LogP contribution is -2.41. The molecule has 150 valence electrons. The highest BCUT2D eigenvalue weighted by molar-refractivity contribution is 6.79. The van der Waals surface area contributed by atoms with Crippen molar-refractivity contribution >= 4 is 26.1 Å². The van der Waals surface area contributed by atoms with Crippen LogP contribution in [-0.4, -0.2) is 53.0 Å². The molecule has 2 rings (SSSR count). The van der Waals surface area contributed by atoms with Crippen molar-refractivity contribution in [3.8, 4) is 0 Å². The second kappa shape index (κ2) is 8.17. The van der Waals surface area contributed by atoms with Gasteiger partial charge in [0.15, 0.2) is 18.4 Å². The molecule has 11 heteroatoms. The number of rotatable bonds is 6. The summed E-state index contributed by atoms with van der Waals surface area (Å²) >= 11 is 0. The summed E-state index contributed by atoms with van der Waals surface area (Å²) in [5, 5.41) is 0. The van der Waals surface area contributed by atoms with Crippen LogP contribution in [0.3, 0.4) is 0 Å². The SMILES string of the molecule is CC[C@H]1O[C@@H](n2cnc(N[Si](C)(C)C)nc2=O)C(OC(C)=O)[C@H]1OC(C)=O. The third-order valence-electron chi connectivity index (χ3n) is 3.78. The maximum Gasteiger partial charge on any atom is 0.354 e. The zero-order chi connectivity index (χ0) is 20.4. The average molecular weight is 398 g/mol. The fraction of sp³-hybridized carbons (Fsp3) is 0.688. The van der Waals surface area contributed by atoms with Crippen LogP contribution in [0.25, 0.3) is 0 Å². The Morgan fingerprint density at radius 1 is 1.22 bits per heavy atom. The van der Waals surface area contributed by atoms with Crippen LogP contribution in [0.5, 0.6) is 0 Å². The van der Waals surface area contributed by atoms with Gasteiger partial charge in [-0.3, -0.25) is 14.2 Å². The molecule has 1 aliphatic rings. The molecule has 0 aliphatic carbocycles. The number of aromatic nitrogens is 3. The first-order chi connectivity index (χ1) is 12.5. The third kappa shape index (κ3) is 5.36. The molecule has 0 bridgehead atoms. The molecule has 1 unspecified atom stereocenters. The van der Waals surface area contributed by atoms with Crippen molar-refractivity contribution in [2.45, 2.75) is 71.4 Å². The second-order valence-electron chi connectivity index (χ2n) is 7.37. The summed E-state index contributed by atoms with van der Waals surface area (Å²) in [6.07, 6.45) is -1.54. The highest BCUT2D eigenvalue weighted by atomic mass is 28.3. The fourth-order valence-electron chi connectivity index (χ4n) is 2.83. The molecule has 4 atom stereocenters. The zero-order valence-electron chi connectivity index (χ0n) is 16.4. The van der Waals surface area contributed by atoms with Crippen LogP contribution in [0.2, 0.25) is 19.6 Å². The van der Waals surface area contributed by atoms with Crippen LogP contribution < -0.4 is 10.7 Å². The van der Waals surface area contributed by atoms with E-state index in [1.807, 2.05) is 26.6 Å². The predicted molar refractivity (Wildman–Crippen MR) is 98.6 cm³/mol. The first-order valence-corrected chi connectivity index (χ1v) is 12.2. The monoisotopic (exact) mass is 398 g/mol. The third-order valence-corrected chi connectivity index (χ3v) is 4.75. The quantitative estimate of drug-likeness (QED) is 0.553.